The average molecular weight is 424 g/mol. The first-order chi connectivity index (χ1) is 12.3. The van der Waals surface area contributed by atoms with Gasteiger partial charge >= 0.3 is 6.18 Å². The molecule has 2 atom stereocenters. The lowest BCUT2D eigenvalue weighted by Crippen LogP contribution is -2.38. The van der Waals surface area contributed by atoms with Gasteiger partial charge in [0.05, 0.1) is 12.7 Å². The normalized spacial score (nSPS) is 13.7. The first-order valence-corrected chi connectivity index (χ1v) is 8.58. The van der Waals surface area contributed by atoms with Crippen LogP contribution in [0, 0.1) is 0 Å². The highest BCUT2D eigenvalue weighted by Crippen LogP contribution is 2.26. The van der Waals surface area contributed by atoms with Crippen molar-refractivity contribution in [2.45, 2.75) is 31.3 Å². The van der Waals surface area contributed by atoms with Crippen LogP contribution in [0.1, 0.15) is 11.1 Å². The van der Waals surface area contributed by atoms with E-state index in [2.05, 4.69) is 5.32 Å². The predicted octanol–water partition coefficient (Wildman–Crippen LogP) is 4.40. The number of nitrogens with one attached hydrogen (secondary N) is 1. The molecule has 0 aliphatic rings. The van der Waals surface area contributed by atoms with Crippen LogP contribution in [0.15, 0.2) is 54.6 Å². The van der Waals surface area contributed by atoms with Crippen molar-refractivity contribution >= 4 is 24.0 Å². The van der Waals surface area contributed by atoms with E-state index in [1.165, 1.54) is 0 Å². The molecule has 0 saturated heterocycles. The quantitative estimate of drug-likeness (QED) is 0.627. The van der Waals surface area contributed by atoms with Gasteiger partial charge in [0.2, 0.25) is 0 Å². The largest absolute Gasteiger partial charge is 0.414 e. The van der Waals surface area contributed by atoms with Crippen molar-refractivity contribution in [3.05, 3.63) is 70.7 Å². The first kappa shape index (κ1) is 23.7. The molecular formula is C19H22Cl2F3NO2. The van der Waals surface area contributed by atoms with Gasteiger partial charge in [-0.3, -0.25) is 0 Å². The van der Waals surface area contributed by atoms with Crippen LogP contribution in [0.2, 0.25) is 5.02 Å². The van der Waals surface area contributed by atoms with Gasteiger partial charge in [0, 0.05) is 24.5 Å². The summed E-state index contributed by atoms with van der Waals surface area (Å²) in [5.41, 5.74) is 1.49. The molecule has 0 spiro atoms. The van der Waals surface area contributed by atoms with E-state index in [0.29, 0.717) is 17.1 Å². The number of halogens is 5. The minimum absolute atomic E-state index is 0. The molecule has 2 aromatic carbocycles. The van der Waals surface area contributed by atoms with Crippen molar-refractivity contribution in [2.75, 3.05) is 13.2 Å². The fraction of sp³-hybridized carbons (Fsp3) is 0.368. The summed E-state index contributed by atoms with van der Waals surface area (Å²) in [5.74, 6) is 0. The second-order valence-corrected chi connectivity index (χ2v) is 6.40. The van der Waals surface area contributed by atoms with Crippen LogP contribution in [0.4, 0.5) is 13.2 Å². The number of hydrogen-bond acceptors (Lipinski definition) is 3. The van der Waals surface area contributed by atoms with Crippen LogP contribution in [0.25, 0.3) is 0 Å². The third-order valence-electron chi connectivity index (χ3n) is 3.74. The number of aliphatic hydroxyl groups is 1. The van der Waals surface area contributed by atoms with Crippen LogP contribution < -0.4 is 5.32 Å². The van der Waals surface area contributed by atoms with Gasteiger partial charge in [-0.2, -0.15) is 13.2 Å². The van der Waals surface area contributed by atoms with Crippen molar-refractivity contribution in [2.24, 2.45) is 0 Å². The fourth-order valence-corrected chi connectivity index (χ4v) is 2.49. The lowest BCUT2D eigenvalue weighted by atomic mass is 10.1. The molecule has 2 aromatic rings. The zero-order valence-corrected chi connectivity index (χ0v) is 16.0. The maximum atomic E-state index is 13.1. The van der Waals surface area contributed by atoms with Gasteiger partial charge in [0.25, 0.3) is 0 Å². The molecule has 0 amide bonds. The molecule has 0 aliphatic heterocycles. The summed E-state index contributed by atoms with van der Waals surface area (Å²) in [6.45, 7) is 0.199. The monoisotopic (exact) mass is 423 g/mol. The molecule has 2 rings (SSSR count). The fourth-order valence-electron chi connectivity index (χ4n) is 2.37. The number of hydrogen-bond donors (Lipinski definition) is 2. The highest BCUT2D eigenvalue weighted by molar-refractivity contribution is 6.30. The van der Waals surface area contributed by atoms with E-state index < -0.39 is 25.0 Å². The molecule has 0 aromatic heterocycles. The summed E-state index contributed by atoms with van der Waals surface area (Å²) >= 11 is 5.79. The molecule has 3 nitrogen and oxygen atoms in total. The maximum absolute atomic E-state index is 13.1. The highest BCUT2D eigenvalue weighted by atomic mass is 35.5. The Hall–Kier alpha value is -1.31. The van der Waals surface area contributed by atoms with E-state index in [-0.39, 0.29) is 25.4 Å². The van der Waals surface area contributed by atoms with Gasteiger partial charge in [-0.1, -0.05) is 54.1 Å². The SMILES string of the molecule is Cl.OC(CNCc1ccc(Cl)cc1)COC(Cc1ccccc1)C(F)(F)F. The van der Waals surface area contributed by atoms with E-state index in [1.54, 1.807) is 42.5 Å². The molecule has 0 aliphatic carbocycles. The zero-order chi connectivity index (χ0) is 19.0. The van der Waals surface area contributed by atoms with Crippen LogP contribution >= 0.6 is 24.0 Å². The molecule has 27 heavy (non-hydrogen) atoms. The van der Waals surface area contributed by atoms with Crippen molar-refractivity contribution in [3.63, 3.8) is 0 Å². The molecule has 8 heteroatoms. The van der Waals surface area contributed by atoms with Gasteiger partial charge in [0.15, 0.2) is 6.10 Å². The van der Waals surface area contributed by atoms with Crippen LogP contribution in [0.5, 0.6) is 0 Å². The lowest BCUT2D eigenvalue weighted by molar-refractivity contribution is -0.224. The van der Waals surface area contributed by atoms with Crippen molar-refractivity contribution in [1.29, 1.82) is 0 Å². The van der Waals surface area contributed by atoms with Crippen LogP contribution in [-0.2, 0) is 17.7 Å². The zero-order valence-electron chi connectivity index (χ0n) is 14.5. The summed E-state index contributed by atoms with van der Waals surface area (Å²) < 4.78 is 44.3. The first-order valence-electron chi connectivity index (χ1n) is 8.20. The lowest BCUT2D eigenvalue weighted by Gasteiger charge is -2.22. The Morgan fingerprint density at radius 1 is 1.00 bits per heavy atom. The molecular weight excluding hydrogens is 402 g/mol. The predicted molar refractivity (Wildman–Crippen MR) is 102 cm³/mol. The number of ether oxygens (including phenoxy) is 1. The second kappa shape index (κ2) is 11.5. The van der Waals surface area contributed by atoms with Crippen molar-refractivity contribution in [3.8, 4) is 0 Å². The second-order valence-electron chi connectivity index (χ2n) is 5.96. The number of rotatable bonds is 9. The Kier molecular flexibility index (Phi) is 10.1. The van der Waals surface area contributed by atoms with Crippen molar-refractivity contribution < 1.29 is 23.0 Å². The number of aliphatic hydroxyl groups excluding tert-OH is 1. The standard InChI is InChI=1S/C19H21ClF3NO2.ClH/c20-16-8-6-15(7-9-16)11-24-12-17(25)13-26-18(19(21,22)23)10-14-4-2-1-3-5-14;/h1-9,17-18,24-25H,10-13H2;1H. The molecule has 150 valence electrons. The third kappa shape index (κ3) is 8.95. The number of benzene rings is 2. The van der Waals surface area contributed by atoms with Gasteiger partial charge in [-0.05, 0) is 23.3 Å². The molecule has 2 unspecified atom stereocenters. The molecule has 2 N–H and O–H groups in total. The van der Waals surface area contributed by atoms with E-state index in [1.807, 2.05) is 12.1 Å². The molecule has 0 fully saturated rings. The van der Waals surface area contributed by atoms with Crippen LogP contribution in [0.3, 0.4) is 0 Å². The topological polar surface area (TPSA) is 41.5 Å². The molecule has 0 saturated carbocycles. The summed E-state index contributed by atoms with van der Waals surface area (Å²) in [5, 5.41) is 13.5. The van der Waals surface area contributed by atoms with E-state index in [4.69, 9.17) is 16.3 Å². The van der Waals surface area contributed by atoms with E-state index in [0.717, 1.165) is 5.56 Å². The van der Waals surface area contributed by atoms with Crippen molar-refractivity contribution in [1.82, 2.24) is 5.32 Å². The van der Waals surface area contributed by atoms with Gasteiger partial charge < -0.3 is 15.2 Å². The maximum Gasteiger partial charge on any atom is 0.414 e. The molecule has 0 radical (unpaired) electrons. The van der Waals surface area contributed by atoms with Gasteiger partial charge in [-0.15, -0.1) is 12.4 Å². The van der Waals surface area contributed by atoms with Crippen LogP contribution in [-0.4, -0.2) is 36.6 Å². The summed E-state index contributed by atoms with van der Waals surface area (Å²) in [4.78, 5) is 0. The third-order valence-corrected chi connectivity index (χ3v) is 3.99. The summed E-state index contributed by atoms with van der Waals surface area (Å²) in [6.07, 6.45) is -7.76. The Bertz CT molecular complexity index is 654. The Balaban J connectivity index is 0.00000364. The summed E-state index contributed by atoms with van der Waals surface area (Å²) in [7, 11) is 0. The molecule has 0 heterocycles. The Morgan fingerprint density at radius 2 is 1.63 bits per heavy atom. The van der Waals surface area contributed by atoms with E-state index in [9.17, 15) is 18.3 Å². The van der Waals surface area contributed by atoms with Gasteiger partial charge in [-0.25, -0.2) is 0 Å². The smallest absolute Gasteiger partial charge is 0.389 e. The molecule has 0 bridgehead atoms. The van der Waals surface area contributed by atoms with Gasteiger partial charge in [0.1, 0.15) is 0 Å². The highest BCUT2D eigenvalue weighted by Gasteiger charge is 2.40. The minimum Gasteiger partial charge on any atom is -0.389 e. The Morgan fingerprint density at radius 3 is 2.22 bits per heavy atom. The minimum atomic E-state index is -4.49. The summed E-state index contributed by atoms with van der Waals surface area (Å²) in [6, 6.07) is 15.5. The van der Waals surface area contributed by atoms with E-state index >= 15 is 0 Å². The Labute approximate surface area is 167 Å². The average Bonchev–Trinajstić information content (AvgIpc) is 2.60. The number of alkyl halides is 3.